The van der Waals surface area contributed by atoms with E-state index in [0.29, 0.717) is 50.1 Å². The highest BCUT2D eigenvalue weighted by atomic mass is 127. The van der Waals surface area contributed by atoms with Gasteiger partial charge in [-0.1, -0.05) is 60.7 Å². The zero-order valence-electron chi connectivity index (χ0n) is 29.7. The Balaban J connectivity index is 1.26. The number of aryl methyl sites for hydroxylation is 1. The maximum Gasteiger partial charge on any atom is 0.642 e. The van der Waals surface area contributed by atoms with E-state index in [1.165, 1.54) is 12.1 Å². The number of fused-ring (bicyclic) bond motifs is 6. The molecule has 0 unspecified atom stereocenters. The van der Waals surface area contributed by atoms with Crippen LogP contribution in [0, 0.1) is 0 Å². The van der Waals surface area contributed by atoms with Gasteiger partial charge in [-0.3, -0.25) is 9.59 Å². The minimum absolute atomic E-state index is 0.126. The van der Waals surface area contributed by atoms with Gasteiger partial charge in [0.2, 0.25) is 5.82 Å². The summed E-state index contributed by atoms with van der Waals surface area (Å²) in [5, 5.41) is 20.4. The molecule has 1 atom stereocenters. The molecule has 5 aromatic rings. The predicted octanol–water partition coefficient (Wildman–Crippen LogP) is 6.98. The molecule has 56 heavy (non-hydrogen) atoms. The number of aliphatic imine (C=N–C) groups is 1. The lowest BCUT2D eigenvalue weighted by Gasteiger charge is -2.33. The maximum absolute atomic E-state index is 18.1. The van der Waals surface area contributed by atoms with Crippen molar-refractivity contribution in [2.24, 2.45) is 4.99 Å². The molecule has 1 aliphatic carbocycles. The number of amidine groups is 1. The summed E-state index contributed by atoms with van der Waals surface area (Å²) in [6.45, 7) is -5.19. The summed E-state index contributed by atoms with van der Waals surface area (Å²) in [7, 11) is 1.58. The van der Waals surface area contributed by atoms with Crippen molar-refractivity contribution in [2.45, 2.75) is 25.3 Å². The number of hydrogen-bond donors (Lipinski definition) is 3. The number of aliphatic carboxylic acids is 2. The first-order valence-corrected chi connectivity index (χ1v) is 18.8. The molecule has 11 nitrogen and oxygen atoms in total. The molecule has 0 saturated heterocycles. The monoisotopic (exact) mass is 868 g/mol. The Morgan fingerprint density at radius 2 is 1.57 bits per heavy atom. The van der Waals surface area contributed by atoms with E-state index in [1.54, 1.807) is 25.3 Å². The van der Waals surface area contributed by atoms with Crippen LogP contribution >= 0.6 is 22.6 Å². The molecule has 1 aromatic heterocycles. The van der Waals surface area contributed by atoms with Crippen molar-refractivity contribution in [2.75, 3.05) is 13.7 Å². The summed E-state index contributed by atoms with van der Waals surface area (Å²) in [4.78, 5) is 40.0. The second-order valence-electron chi connectivity index (χ2n) is 13.5. The highest BCUT2D eigenvalue weighted by molar-refractivity contribution is 14.1. The number of rotatable bonds is 11. The van der Waals surface area contributed by atoms with Crippen LogP contribution in [0.4, 0.5) is 14.4 Å². The summed E-state index contributed by atoms with van der Waals surface area (Å²) in [5.41, 5.74) is 6.28. The zero-order valence-corrected chi connectivity index (χ0v) is 31.9. The average molecular weight is 868 g/mol. The Morgan fingerprint density at radius 1 is 0.911 bits per heavy atom. The lowest BCUT2D eigenvalue weighted by atomic mass is 9.85. The van der Waals surface area contributed by atoms with E-state index in [1.807, 2.05) is 72.8 Å². The normalized spacial score (nSPS) is 15.5. The minimum Gasteiger partial charge on any atom is -0.497 e. The van der Waals surface area contributed by atoms with Crippen LogP contribution < -0.4 is 14.8 Å². The number of carboxylic acids is 2. The zero-order chi connectivity index (χ0) is 39.3. The molecular weight excluding hydrogens is 836 g/mol. The van der Waals surface area contributed by atoms with Gasteiger partial charge in [0.1, 0.15) is 23.3 Å². The molecule has 0 radical (unpaired) electrons. The van der Waals surface area contributed by atoms with Gasteiger partial charge in [-0.05, 0) is 111 Å². The van der Waals surface area contributed by atoms with Crippen LogP contribution in [0.3, 0.4) is 0 Å². The van der Waals surface area contributed by atoms with Crippen LogP contribution in [0.15, 0.2) is 112 Å². The molecule has 0 saturated carbocycles. The second-order valence-corrected chi connectivity index (χ2v) is 14.5. The van der Waals surface area contributed by atoms with Crippen LogP contribution in [0.1, 0.15) is 28.7 Å². The molecule has 0 fully saturated rings. The number of allylic oxidation sites excluding steroid dienone is 1. The number of amides is 1. The summed E-state index contributed by atoms with van der Waals surface area (Å²) >= 11 is 2.11. The van der Waals surface area contributed by atoms with Crippen LogP contribution in [0.2, 0.25) is 0 Å². The van der Waals surface area contributed by atoms with E-state index in [9.17, 15) is 19.5 Å². The van der Waals surface area contributed by atoms with E-state index in [2.05, 4.69) is 27.9 Å². The van der Waals surface area contributed by atoms with Crippen molar-refractivity contribution in [3.63, 3.8) is 0 Å². The third-order valence-electron chi connectivity index (χ3n) is 10.1. The molecule has 0 spiro atoms. The number of benzene rings is 4. The summed E-state index contributed by atoms with van der Waals surface area (Å²) in [6, 6.07) is 29.0. The van der Waals surface area contributed by atoms with Gasteiger partial charge in [-0.2, -0.15) is 0 Å². The largest absolute Gasteiger partial charge is 0.642 e. The number of carbonyl (C=O) groups excluding carboxylic acids is 1. The summed E-state index contributed by atoms with van der Waals surface area (Å²) < 4.78 is 50.0. The topological polar surface area (TPSA) is 142 Å². The van der Waals surface area contributed by atoms with Gasteiger partial charge in [-0.25, -0.2) is 4.79 Å². The Kier molecular flexibility index (Phi) is 9.56. The maximum atomic E-state index is 18.1. The number of carboxylic acid groups (broad SMARTS) is 2. The molecule has 2 aliphatic heterocycles. The number of aromatic nitrogens is 1. The highest BCUT2D eigenvalue weighted by Gasteiger charge is 2.56. The van der Waals surface area contributed by atoms with E-state index in [0.717, 1.165) is 31.2 Å². The van der Waals surface area contributed by atoms with E-state index >= 15 is 8.63 Å². The molecule has 282 valence electrons. The SMILES string of the molecule is COc1ccc2c(c1)CCc1c(-c3ccccc3)c3n(c1-2)[B-](F)(F)[N+]1=C(c2ccc(OCC(=O)N[C@@H](CC(=O)O)C(=O)O)cc2)C(I)=C(c2ccccc2)C1=N3. The number of halogens is 3. The Hall–Kier alpha value is -6.10. The Labute approximate surface area is 332 Å². The molecule has 15 heteroatoms. The molecule has 4 aromatic carbocycles. The summed E-state index contributed by atoms with van der Waals surface area (Å²) in [6.07, 6.45) is 0.370. The van der Waals surface area contributed by atoms with Crippen molar-refractivity contribution in [1.29, 1.82) is 0 Å². The van der Waals surface area contributed by atoms with Gasteiger partial charge >= 0.3 is 18.9 Å². The van der Waals surface area contributed by atoms with E-state index < -0.39 is 43.9 Å². The van der Waals surface area contributed by atoms with Crippen molar-refractivity contribution in [3.05, 3.63) is 129 Å². The molecule has 0 bridgehead atoms. The fraction of sp³-hybridized carbons (Fsp3) is 0.146. The van der Waals surface area contributed by atoms with Gasteiger partial charge in [0, 0.05) is 11.3 Å². The fourth-order valence-corrected chi connectivity index (χ4v) is 8.77. The van der Waals surface area contributed by atoms with E-state index in [-0.39, 0.29) is 23.1 Å². The number of hydrogen-bond acceptors (Lipinski definition) is 6. The first-order chi connectivity index (χ1) is 27.0. The lowest BCUT2D eigenvalue weighted by Crippen LogP contribution is -2.53. The number of nitrogens with one attached hydrogen (secondary N) is 1. The molecule has 3 aliphatic rings. The van der Waals surface area contributed by atoms with Crippen LogP contribution in [-0.4, -0.2) is 75.3 Å². The number of carbonyl (C=O) groups is 3. The third kappa shape index (κ3) is 6.34. The van der Waals surface area contributed by atoms with Crippen LogP contribution in [-0.2, 0) is 27.2 Å². The van der Waals surface area contributed by atoms with Crippen LogP contribution in [0.5, 0.6) is 11.5 Å². The summed E-state index contributed by atoms with van der Waals surface area (Å²) in [5.74, 6) is -2.55. The van der Waals surface area contributed by atoms with Gasteiger partial charge in [0.05, 0.1) is 28.2 Å². The van der Waals surface area contributed by atoms with Crippen molar-refractivity contribution >= 4 is 70.3 Å². The van der Waals surface area contributed by atoms with Crippen molar-refractivity contribution in [3.8, 4) is 33.9 Å². The smallest absolute Gasteiger partial charge is 0.497 e. The molecule has 3 N–H and O–H groups in total. The predicted molar refractivity (Wildman–Crippen MR) is 215 cm³/mol. The van der Waals surface area contributed by atoms with Gasteiger partial charge in [-0.15, -0.1) is 0 Å². The molecule has 8 rings (SSSR count). The number of nitrogens with zero attached hydrogens (tertiary/aromatic N) is 3. The van der Waals surface area contributed by atoms with Crippen molar-refractivity contribution in [1.82, 2.24) is 9.79 Å². The van der Waals surface area contributed by atoms with Gasteiger partial charge < -0.3 is 42.6 Å². The first-order valence-electron chi connectivity index (χ1n) is 17.7. The highest BCUT2D eigenvalue weighted by Crippen LogP contribution is 2.52. The Bertz CT molecular complexity index is 2540. The fourth-order valence-electron chi connectivity index (χ4n) is 7.65. The van der Waals surface area contributed by atoms with E-state index in [4.69, 9.17) is 19.6 Å². The Morgan fingerprint density at radius 3 is 2.21 bits per heavy atom. The molecule has 1 amide bonds. The first kappa shape index (κ1) is 36.9. The van der Waals surface area contributed by atoms with Crippen LogP contribution in [0.25, 0.3) is 28.0 Å². The van der Waals surface area contributed by atoms with Gasteiger partial charge in [0.25, 0.3) is 11.7 Å². The quantitative estimate of drug-likeness (QED) is 0.0961. The lowest BCUT2D eigenvalue weighted by molar-refractivity contribution is -0.291. The molecule has 3 heterocycles. The number of ether oxygens (including phenoxy) is 2. The van der Waals surface area contributed by atoms with Crippen molar-refractivity contribution < 1.29 is 47.2 Å². The molecular formula is C41H32BF2IN4O7. The number of methoxy groups -OCH3 is 1. The second kappa shape index (κ2) is 14.5. The third-order valence-corrected chi connectivity index (χ3v) is 11.1. The average Bonchev–Trinajstić information content (AvgIpc) is 3.70. The van der Waals surface area contributed by atoms with Gasteiger partial charge in [0.15, 0.2) is 6.61 Å². The standard InChI is InChI=1S/C41H32BF2IN4O7/c1-55-28-17-19-29-26(20-28)14-18-30-34(23-8-4-2-5-9-23)39-47-40-35(24-10-6-3-7-11-24)36(45)37(48(40)42(43,44)49(39)38(29)30)25-12-15-27(16-13-25)56-22-32(50)46-31(41(53)54)21-33(51)52/h2-13,15-17,19-20,31H,14,18,21-22H2,1H3,(H,46,50)(H,51,52)(H,53,54)/t31-/m0/s1. The minimum atomic E-state index is -4.60.